The number of carboxylic acids is 1. The summed E-state index contributed by atoms with van der Waals surface area (Å²) < 4.78 is 5.10. The Morgan fingerprint density at radius 1 is 1.15 bits per heavy atom. The molecule has 0 fully saturated rings. The minimum atomic E-state index is -1.53. The number of nitro groups is 1. The summed E-state index contributed by atoms with van der Waals surface area (Å²) in [5.41, 5.74) is 0.345. The van der Waals surface area contributed by atoms with E-state index in [-0.39, 0.29) is 16.9 Å². The van der Waals surface area contributed by atoms with Crippen molar-refractivity contribution in [2.45, 2.75) is 19.8 Å². The summed E-state index contributed by atoms with van der Waals surface area (Å²) in [7, 11) is 0. The van der Waals surface area contributed by atoms with Crippen molar-refractivity contribution >= 4 is 29.0 Å². The lowest BCUT2D eigenvalue weighted by Gasteiger charge is -2.13. The van der Waals surface area contributed by atoms with Crippen LogP contribution >= 0.6 is 0 Å². The van der Waals surface area contributed by atoms with Crippen LogP contribution in [0.1, 0.15) is 40.5 Å². The summed E-state index contributed by atoms with van der Waals surface area (Å²) in [6.45, 7) is 2.35. The minimum absolute atomic E-state index is 0.147. The van der Waals surface area contributed by atoms with Crippen LogP contribution in [-0.2, 0) is 4.74 Å². The fourth-order valence-electron chi connectivity index (χ4n) is 2.16. The smallest absolute Gasteiger partial charge is 0.338 e. The molecule has 0 saturated carbocycles. The number of hydrogen-bond donors (Lipinski definition) is 1. The number of ether oxygens (including phenoxy) is 1. The highest BCUT2D eigenvalue weighted by atomic mass is 16.6. The maximum Gasteiger partial charge on any atom is 0.338 e. The highest BCUT2D eigenvalue weighted by Crippen LogP contribution is 2.25. The number of carboxylic acid groups (broad SMARTS) is 1. The highest BCUT2D eigenvalue weighted by Gasteiger charge is 2.12. The zero-order valence-electron chi connectivity index (χ0n) is 14.1. The van der Waals surface area contributed by atoms with Crippen molar-refractivity contribution in [3.8, 4) is 0 Å². The van der Waals surface area contributed by atoms with Gasteiger partial charge in [-0.15, -0.1) is 0 Å². The third kappa shape index (κ3) is 4.79. The monoisotopic (exact) mass is 357 g/mol. The van der Waals surface area contributed by atoms with Gasteiger partial charge in [-0.2, -0.15) is 0 Å². The van der Waals surface area contributed by atoms with E-state index in [1.165, 1.54) is 12.1 Å². The van der Waals surface area contributed by atoms with Crippen LogP contribution in [0.25, 0.3) is 0 Å². The third-order valence-corrected chi connectivity index (χ3v) is 3.56. The fraction of sp³-hybridized carbons (Fsp3) is 0.222. The molecular formula is C18H17N2O6-. The lowest BCUT2D eigenvalue weighted by molar-refractivity contribution is -0.385. The fourth-order valence-corrected chi connectivity index (χ4v) is 2.16. The number of benzene rings is 2. The molecule has 0 atom stereocenters. The molecule has 8 heteroatoms. The van der Waals surface area contributed by atoms with Crippen LogP contribution < -0.4 is 10.4 Å². The molecule has 2 aromatic rings. The van der Waals surface area contributed by atoms with Crippen LogP contribution in [0.15, 0.2) is 42.5 Å². The van der Waals surface area contributed by atoms with E-state index in [4.69, 9.17) is 4.74 Å². The molecule has 0 aliphatic carbocycles. The average Bonchev–Trinajstić information content (AvgIpc) is 2.62. The van der Waals surface area contributed by atoms with Crippen molar-refractivity contribution < 1.29 is 24.4 Å². The van der Waals surface area contributed by atoms with Gasteiger partial charge in [-0.3, -0.25) is 10.1 Å². The zero-order valence-corrected chi connectivity index (χ0v) is 14.1. The van der Waals surface area contributed by atoms with Gasteiger partial charge in [-0.1, -0.05) is 13.3 Å². The largest absolute Gasteiger partial charge is 0.545 e. The van der Waals surface area contributed by atoms with Crippen molar-refractivity contribution in [3.63, 3.8) is 0 Å². The van der Waals surface area contributed by atoms with Crippen molar-refractivity contribution in [2.24, 2.45) is 0 Å². The Balaban J connectivity index is 2.15. The molecule has 0 aliphatic heterocycles. The van der Waals surface area contributed by atoms with Gasteiger partial charge in [0, 0.05) is 29.1 Å². The number of hydrogen-bond acceptors (Lipinski definition) is 7. The molecule has 8 nitrogen and oxygen atoms in total. The number of nitrogens with zero attached hydrogens (tertiary/aromatic N) is 1. The molecule has 0 bridgehead atoms. The van der Waals surface area contributed by atoms with E-state index in [9.17, 15) is 24.8 Å². The highest BCUT2D eigenvalue weighted by molar-refractivity contribution is 5.95. The number of non-ortho nitro benzene ring substituents is 1. The molecule has 0 aromatic heterocycles. The van der Waals surface area contributed by atoms with E-state index in [0.29, 0.717) is 17.9 Å². The van der Waals surface area contributed by atoms with Crippen molar-refractivity contribution in [2.75, 3.05) is 11.9 Å². The number of carbonyl (C=O) groups is 2. The summed E-state index contributed by atoms with van der Waals surface area (Å²) in [5, 5.41) is 24.8. The Morgan fingerprint density at radius 2 is 1.85 bits per heavy atom. The quantitative estimate of drug-likeness (QED) is 0.333. The minimum Gasteiger partial charge on any atom is -0.545 e. The number of esters is 1. The SMILES string of the molecule is CCCCOC(=O)c1ccc(Nc2ccc([N+](=O)[O-])cc2C(=O)[O-])cc1. The van der Waals surface area contributed by atoms with Crippen molar-refractivity contribution in [1.82, 2.24) is 0 Å². The summed E-state index contributed by atoms with van der Waals surface area (Å²) in [5.74, 6) is -1.97. The van der Waals surface area contributed by atoms with Crippen LogP contribution in [0.4, 0.5) is 17.1 Å². The molecule has 2 aromatic carbocycles. The van der Waals surface area contributed by atoms with Gasteiger partial charge in [0.15, 0.2) is 0 Å². The maximum absolute atomic E-state index is 11.8. The van der Waals surface area contributed by atoms with Gasteiger partial charge in [0.2, 0.25) is 0 Å². The van der Waals surface area contributed by atoms with E-state index >= 15 is 0 Å². The molecule has 0 radical (unpaired) electrons. The van der Waals surface area contributed by atoms with Gasteiger partial charge in [0.1, 0.15) is 0 Å². The topological polar surface area (TPSA) is 122 Å². The van der Waals surface area contributed by atoms with Crippen molar-refractivity contribution in [3.05, 3.63) is 63.7 Å². The molecule has 0 amide bonds. The first kappa shape index (κ1) is 18.9. The van der Waals surface area contributed by atoms with Crippen LogP contribution in [-0.4, -0.2) is 23.5 Å². The molecule has 2 rings (SSSR count). The average molecular weight is 357 g/mol. The third-order valence-electron chi connectivity index (χ3n) is 3.56. The van der Waals surface area contributed by atoms with Gasteiger partial charge < -0.3 is 20.0 Å². The second-order valence-electron chi connectivity index (χ2n) is 5.47. The van der Waals surface area contributed by atoms with Gasteiger partial charge in [0.25, 0.3) is 5.69 Å². The lowest BCUT2D eigenvalue weighted by atomic mass is 10.1. The van der Waals surface area contributed by atoms with E-state index in [1.807, 2.05) is 6.92 Å². The van der Waals surface area contributed by atoms with Crippen LogP contribution in [0.3, 0.4) is 0 Å². The Labute approximate surface area is 149 Å². The Bertz CT molecular complexity index is 817. The molecule has 0 heterocycles. The molecule has 0 aliphatic rings. The van der Waals surface area contributed by atoms with Crippen LogP contribution in [0.5, 0.6) is 0 Å². The van der Waals surface area contributed by atoms with Crippen molar-refractivity contribution in [1.29, 1.82) is 0 Å². The second kappa shape index (κ2) is 8.61. The Kier molecular flexibility index (Phi) is 6.26. The number of anilines is 2. The molecule has 0 unspecified atom stereocenters. The summed E-state index contributed by atoms with van der Waals surface area (Å²) in [4.78, 5) is 33.1. The number of unbranched alkanes of at least 4 members (excludes halogenated alkanes) is 1. The van der Waals surface area contributed by atoms with E-state index in [0.717, 1.165) is 18.9 Å². The first-order chi connectivity index (χ1) is 12.4. The Hall–Kier alpha value is -3.42. The molecule has 0 saturated heterocycles. The lowest BCUT2D eigenvalue weighted by Crippen LogP contribution is -2.23. The maximum atomic E-state index is 11.8. The predicted octanol–water partition coefficient (Wildman–Crippen LogP) is 2.66. The molecule has 1 N–H and O–H groups in total. The van der Waals surface area contributed by atoms with E-state index < -0.39 is 16.9 Å². The summed E-state index contributed by atoms with van der Waals surface area (Å²) in [6.07, 6.45) is 1.71. The van der Waals surface area contributed by atoms with Gasteiger partial charge in [0.05, 0.1) is 23.1 Å². The second-order valence-corrected chi connectivity index (χ2v) is 5.47. The predicted molar refractivity (Wildman–Crippen MR) is 92.3 cm³/mol. The number of nitrogens with one attached hydrogen (secondary N) is 1. The van der Waals surface area contributed by atoms with Crippen LogP contribution in [0.2, 0.25) is 0 Å². The molecule has 26 heavy (non-hydrogen) atoms. The number of rotatable bonds is 8. The standard InChI is InChI=1S/C18H18N2O6/c1-2-3-10-26-18(23)12-4-6-13(7-5-12)19-16-9-8-14(20(24)25)11-15(16)17(21)22/h4-9,11,19H,2-3,10H2,1H3,(H,21,22)/p-1. The molecular weight excluding hydrogens is 340 g/mol. The number of carbonyl (C=O) groups excluding carboxylic acids is 2. The van der Waals surface area contributed by atoms with E-state index in [1.54, 1.807) is 24.3 Å². The first-order valence-electron chi connectivity index (χ1n) is 7.96. The number of aromatic carboxylic acids is 1. The first-order valence-corrected chi connectivity index (χ1v) is 7.96. The van der Waals surface area contributed by atoms with Gasteiger partial charge in [-0.25, -0.2) is 4.79 Å². The van der Waals surface area contributed by atoms with Crippen LogP contribution in [0, 0.1) is 10.1 Å². The summed E-state index contributed by atoms with van der Waals surface area (Å²) >= 11 is 0. The molecule has 136 valence electrons. The molecule has 0 spiro atoms. The zero-order chi connectivity index (χ0) is 19.1. The number of nitro benzene ring substituents is 1. The van der Waals surface area contributed by atoms with Gasteiger partial charge in [-0.05, 0) is 36.8 Å². The Morgan fingerprint density at radius 3 is 2.42 bits per heavy atom. The van der Waals surface area contributed by atoms with E-state index in [2.05, 4.69) is 5.32 Å². The normalized spacial score (nSPS) is 10.2. The summed E-state index contributed by atoms with van der Waals surface area (Å²) in [6, 6.07) is 9.65. The van der Waals surface area contributed by atoms with Gasteiger partial charge >= 0.3 is 5.97 Å².